The summed E-state index contributed by atoms with van der Waals surface area (Å²) < 4.78 is 0. The summed E-state index contributed by atoms with van der Waals surface area (Å²) in [4.78, 5) is 2.51. The average molecular weight is 820 g/mol. The van der Waals surface area contributed by atoms with Crippen molar-refractivity contribution >= 4 is 27.7 Å². The molecule has 1 unspecified atom stereocenters. The minimum Gasteiger partial charge on any atom is -0.314 e. The largest absolute Gasteiger partial charge is 0.314 e. The second-order valence-corrected chi connectivity index (χ2v) is 17.2. The summed E-state index contributed by atoms with van der Waals surface area (Å²) in [7, 11) is 0. The lowest BCUT2D eigenvalue weighted by molar-refractivity contribution is 0.750. The molecule has 9 aromatic carbocycles. The van der Waals surface area contributed by atoms with E-state index in [0.717, 1.165) is 30.6 Å². The van der Waals surface area contributed by atoms with Gasteiger partial charge in [0.2, 0.25) is 0 Å². The molecule has 0 spiro atoms. The highest BCUT2D eigenvalue weighted by molar-refractivity contribution is 5.90. The lowest BCUT2D eigenvalue weighted by Gasteiger charge is -2.37. The Bertz CT molecular complexity index is 3140. The van der Waals surface area contributed by atoms with Crippen LogP contribution in [0.3, 0.4) is 0 Å². The Kier molecular flexibility index (Phi) is 10.3. The number of anilines is 2. The standard InChI is InChI=1S/C63H49N/c1-2-46(41-45-29-30-48-19-12-13-20-51(48)42-45)49-31-35-56(36-32-49)64(57-37-33-50(34-38-57)53-22-16-21-52(43-53)47-17-6-3-7-18-47)58-39-40-60-59-27-14-15-28-61(59)63(62(60)44-58,54-23-8-4-9-24-54)55-25-10-5-11-26-55/h2-38,42-44,46H,1,39-41H2. The monoisotopic (exact) mass is 819 g/mol. The Morgan fingerprint density at radius 1 is 0.484 bits per heavy atom. The molecule has 11 rings (SSSR count). The van der Waals surface area contributed by atoms with E-state index in [0.29, 0.717) is 0 Å². The summed E-state index contributed by atoms with van der Waals surface area (Å²) in [5.41, 5.74) is 18.6. The van der Waals surface area contributed by atoms with Crippen LogP contribution in [0.1, 0.15) is 52.1 Å². The van der Waals surface area contributed by atoms with Gasteiger partial charge < -0.3 is 4.90 Å². The normalized spacial score (nSPS) is 14.3. The molecule has 9 aromatic rings. The molecule has 0 heterocycles. The third-order valence-electron chi connectivity index (χ3n) is 13.6. The van der Waals surface area contributed by atoms with Crippen molar-refractivity contribution in [3.05, 3.63) is 294 Å². The van der Waals surface area contributed by atoms with Gasteiger partial charge in [-0.2, -0.15) is 0 Å². The number of fused-ring (bicyclic) bond motifs is 3. The zero-order chi connectivity index (χ0) is 42.9. The van der Waals surface area contributed by atoms with E-state index in [1.54, 1.807) is 0 Å². The topological polar surface area (TPSA) is 3.24 Å². The molecule has 1 atom stereocenters. The summed E-state index contributed by atoms with van der Waals surface area (Å²) in [6.45, 7) is 4.32. The van der Waals surface area contributed by atoms with E-state index in [4.69, 9.17) is 0 Å². The highest BCUT2D eigenvalue weighted by Crippen LogP contribution is 2.58. The van der Waals surface area contributed by atoms with E-state index in [1.165, 1.54) is 83.3 Å². The van der Waals surface area contributed by atoms with Gasteiger partial charge in [0.1, 0.15) is 0 Å². The quantitative estimate of drug-likeness (QED) is 0.118. The highest BCUT2D eigenvalue weighted by Gasteiger charge is 2.48. The van der Waals surface area contributed by atoms with Gasteiger partial charge in [0, 0.05) is 23.0 Å². The van der Waals surface area contributed by atoms with Crippen LogP contribution in [0.4, 0.5) is 11.4 Å². The second-order valence-electron chi connectivity index (χ2n) is 17.2. The third kappa shape index (κ3) is 7.00. The highest BCUT2D eigenvalue weighted by atomic mass is 15.1. The molecular formula is C63H49N. The van der Waals surface area contributed by atoms with Gasteiger partial charge in [-0.05, 0) is 133 Å². The van der Waals surface area contributed by atoms with E-state index in [-0.39, 0.29) is 5.92 Å². The maximum absolute atomic E-state index is 4.32. The van der Waals surface area contributed by atoms with E-state index in [9.17, 15) is 0 Å². The van der Waals surface area contributed by atoms with Gasteiger partial charge >= 0.3 is 0 Å². The Balaban J connectivity index is 1.02. The van der Waals surface area contributed by atoms with Crippen molar-refractivity contribution in [2.24, 2.45) is 0 Å². The second kappa shape index (κ2) is 16.9. The Labute approximate surface area is 377 Å². The van der Waals surface area contributed by atoms with Gasteiger partial charge in [-0.15, -0.1) is 6.58 Å². The molecule has 0 N–H and O–H groups in total. The SMILES string of the molecule is C=CC(Cc1ccc2ccccc2c1)c1ccc(N(C2=CC3=C(CC2)c2ccccc2C3(c2ccccc2)c2ccccc2)c2ccc(-c3cccc(-c4ccccc4)c3)cc2)cc1. The molecule has 1 heteroatoms. The summed E-state index contributed by atoms with van der Waals surface area (Å²) in [6.07, 6.45) is 7.40. The molecule has 2 aliphatic rings. The number of hydrogen-bond acceptors (Lipinski definition) is 1. The fraction of sp³-hybridized carbons (Fsp3) is 0.0794. The average Bonchev–Trinajstić information content (AvgIpc) is 3.67. The first kappa shape index (κ1) is 39.1. The predicted molar refractivity (Wildman–Crippen MR) is 270 cm³/mol. The fourth-order valence-corrected chi connectivity index (χ4v) is 10.5. The fourth-order valence-electron chi connectivity index (χ4n) is 10.5. The lowest BCUT2D eigenvalue weighted by atomic mass is 9.66. The summed E-state index contributed by atoms with van der Waals surface area (Å²) >= 11 is 0. The first-order valence-electron chi connectivity index (χ1n) is 22.6. The molecule has 64 heavy (non-hydrogen) atoms. The molecule has 2 aliphatic carbocycles. The van der Waals surface area contributed by atoms with Crippen LogP contribution < -0.4 is 4.90 Å². The molecule has 0 amide bonds. The molecular weight excluding hydrogens is 771 g/mol. The minimum atomic E-state index is -0.455. The van der Waals surface area contributed by atoms with Gasteiger partial charge in [-0.1, -0.05) is 206 Å². The van der Waals surface area contributed by atoms with E-state index < -0.39 is 5.41 Å². The van der Waals surface area contributed by atoms with Gasteiger partial charge in [0.15, 0.2) is 0 Å². The zero-order valence-corrected chi connectivity index (χ0v) is 35.9. The van der Waals surface area contributed by atoms with Crippen LogP contribution in [0.2, 0.25) is 0 Å². The van der Waals surface area contributed by atoms with Crippen molar-refractivity contribution in [1.82, 2.24) is 0 Å². The van der Waals surface area contributed by atoms with Crippen LogP contribution in [0, 0.1) is 0 Å². The van der Waals surface area contributed by atoms with Crippen LogP contribution >= 0.6 is 0 Å². The first-order valence-corrected chi connectivity index (χ1v) is 22.6. The number of allylic oxidation sites excluding steroid dienone is 5. The number of nitrogens with zero attached hydrogens (tertiary/aromatic N) is 1. The molecule has 0 fully saturated rings. The van der Waals surface area contributed by atoms with Crippen molar-refractivity contribution in [1.29, 1.82) is 0 Å². The Hall–Kier alpha value is -7.74. The van der Waals surface area contributed by atoms with Gasteiger partial charge in [0.05, 0.1) is 5.41 Å². The minimum absolute atomic E-state index is 0.186. The lowest BCUT2D eigenvalue weighted by Crippen LogP contribution is -2.30. The van der Waals surface area contributed by atoms with Crippen molar-refractivity contribution < 1.29 is 0 Å². The zero-order valence-electron chi connectivity index (χ0n) is 35.9. The van der Waals surface area contributed by atoms with Gasteiger partial charge in [-0.25, -0.2) is 0 Å². The predicted octanol–water partition coefficient (Wildman–Crippen LogP) is 16.3. The first-order chi connectivity index (χ1) is 31.7. The van der Waals surface area contributed by atoms with Crippen LogP contribution in [-0.2, 0) is 11.8 Å². The van der Waals surface area contributed by atoms with Crippen molar-refractivity contribution in [2.75, 3.05) is 4.90 Å². The number of rotatable bonds is 11. The molecule has 0 bridgehead atoms. The van der Waals surface area contributed by atoms with Crippen LogP contribution in [-0.4, -0.2) is 0 Å². The smallest absolute Gasteiger partial charge is 0.0710 e. The van der Waals surface area contributed by atoms with Gasteiger partial charge in [-0.3, -0.25) is 0 Å². The molecule has 1 nitrogen and oxygen atoms in total. The summed E-state index contributed by atoms with van der Waals surface area (Å²) in [6, 6.07) is 84.8. The van der Waals surface area contributed by atoms with Crippen LogP contribution in [0.5, 0.6) is 0 Å². The Morgan fingerprint density at radius 2 is 1.05 bits per heavy atom. The maximum atomic E-state index is 4.32. The van der Waals surface area contributed by atoms with E-state index in [1.807, 2.05) is 0 Å². The maximum Gasteiger partial charge on any atom is 0.0710 e. The van der Waals surface area contributed by atoms with Crippen molar-refractivity contribution in [3.63, 3.8) is 0 Å². The van der Waals surface area contributed by atoms with Gasteiger partial charge in [0.25, 0.3) is 0 Å². The van der Waals surface area contributed by atoms with E-state index >= 15 is 0 Å². The summed E-state index contributed by atoms with van der Waals surface area (Å²) in [5.74, 6) is 0.186. The third-order valence-corrected chi connectivity index (χ3v) is 13.6. The van der Waals surface area contributed by atoms with Crippen molar-refractivity contribution in [3.8, 4) is 22.3 Å². The molecule has 306 valence electrons. The molecule has 0 aromatic heterocycles. The molecule has 0 aliphatic heterocycles. The van der Waals surface area contributed by atoms with Crippen LogP contribution in [0.15, 0.2) is 261 Å². The van der Waals surface area contributed by atoms with Crippen LogP contribution in [0.25, 0.3) is 38.6 Å². The van der Waals surface area contributed by atoms with Crippen molar-refractivity contribution in [2.45, 2.75) is 30.6 Å². The number of hydrogen-bond donors (Lipinski definition) is 0. The molecule has 0 saturated heterocycles. The van der Waals surface area contributed by atoms with E-state index in [2.05, 4.69) is 254 Å². The Morgan fingerprint density at radius 3 is 1.72 bits per heavy atom. The summed E-state index contributed by atoms with van der Waals surface area (Å²) in [5, 5.41) is 2.54. The molecule has 0 radical (unpaired) electrons. The molecule has 0 saturated carbocycles. The number of benzene rings is 9.